The van der Waals surface area contributed by atoms with E-state index in [2.05, 4.69) is 20.5 Å². The Bertz CT molecular complexity index is 775. The summed E-state index contributed by atoms with van der Waals surface area (Å²) in [6, 6.07) is 3.39. The zero-order valence-corrected chi connectivity index (χ0v) is 14.9. The van der Waals surface area contributed by atoms with E-state index in [-0.39, 0.29) is 19.0 Å². The average molecular weight is 393 g/mol. The summed E-state index contributed by atoms with van der Waals surface area (Å²) in [4.78, 5) is 12.2. The third-order valence-corrected chi connectivity index (χ3v) is 4.22. The quantitative estimate of drug-likeness (QED) is 0.740. The highest BCUT2D eigenvalue weighted by molar-refractivity contribution is 6.00. The van der Waals surface area contributed by atoms with E-state index in [0.29, 0.717) is 11.5 Å². The van der Waals surface area contributed by atoms with E-state index in [1.807, 2.05) is 10.9 Å². The molecule has 0 aliphatic carbocycles. The van der Waals surface area contributed by atoms with Crippen molar-refractivity contribution < 1.29 is 22.7 Å². The van der Waals surface area contributed by atoms with Gasteiger partial charge in [-0.15, -0.1) is 25.6 Å². The standard InChI is InChI=1S/C16H19F3N4O2.ClH/c1-10-12(15(24)21-4-5-25-16(17,18)19)2-3-14-13(10)9-23(22-14)8-11-6-20-7-11;/h2-3,9,11,20H,4-8H2,1H3,(H,21,24);1H. The second-order valence-electron chi connectivity index (χ2n) is 6.10. The summed E-state index contributed by atoms with van der Waals surface area (Å²) < 4.78 is 41.3. The summed E-state index contributed by atoms with van der Waals surface area (Å²) >= 11 is 0. The highest BCUT2D eigenvalue weighted by Crippen LogP contribution is 2.22. The molecule has 2 heterocycles. The molecular formula is C16H20ClF3N4O2. The lowest BCUT2D eigenvalue weighted by atomic mass is 10.0. The van der Waals surface area contributed by atoms with E-state index >= 15 is 0 Å². The minimum Gasteiger partial charge on any atom is -0.350 e. The van der Waals surface area contributed by atoms with Crippen LogP contribution in [0.25, 0.3) is 10.9 Å². The number of aryl methyl sites for hydroxylation is 1. The van der Waals surface area contributed by atoms with Gasteiger partial charge < -0.3 is 10.6 Å². The molecular weight excluding hydrogens is 373 g/mol. The summed E-state index contributed by atoms with van der Waals surface area (Å²) in [5, 5.41) is 11.0. The lowest BCUT2D eigenvalue weighted by molar-refractivity contribution is -0.323. The zero-order valence-electron chi connectivity index (χ0n) is 14.1. The fraction of sp³-hybridized carbons (Fsp3) is 0.500. The molecule has 0 bridgehead atoms. The van der Waals surface area contributed by atoms with Crippen molar-refractivity contribution in [1.29, 1.82) is 0 Å². The molecule has 26 heavy (non-hydrogen) atoms. The van der Waals surface area contributed by atoms with Crippen molar-refractivity contribution in [1.82, 2.24) is 20.4 Å². The molecule has 144 valence electrons. The molecule has 1 aromatic carbocycles. The molecule has 1 aliphatic heterocycles. The highest BCUT2D eigenvalue weighted by atomic mass is 35.5. The molecule has 1 saturated heterocycles. The second-order valence-corrected chi connectivity index (χ2v) is 6.10. The summed E-state index contributed by atoms with van der Waals surface area (Å²) in [5.41, 5.74) is 1.97. The molecule has 0 atom stereocenters. The number of hydrogen-bond acceptors (Lipinski definition) is 4. The van der Waals surface area contributed by atoms with Crippen LogP contribution in [0.1, 0.15) is 15.9 Å². The Morgan fingerprint density at radius 1 is 1.42 bits per heavy atom. The van der Waals surface area contributed by atoms with Crippen molar-refractivity contribution in [3.63, 3.8) is 0 Å². The van der Waals surface area contributed by atoms with Gasteiger partial charge in [-0.25, -0.2) is 0 Å². The lowest BCUT2D eigenvalue weighted by Gasteiger charge is -2.26. The first kappa shape index (κ1) is 20.5. The maximum absolute atomic E-state index is 12.2. The summed E-state index contributed by atoms with van der Waals surface area (Å²) in [6.45, 7) is 3.73. The maximum atomic E-state index is 12.2. The number of nitrogens with zero attached hydrogens (tertiary/aromatic N) is 2. The number of carbonyl (C=O) groups excluding carboxylic acids is 1. The first-order valence-corrected chi connectivity index (χ1v) is 8.00. The van der Waals surface area contributed by atoms with Gasteiger partial charge in [0.2, 0.25) is 0 Å². The van der Waals surface area contributed by atoms with E-state index in [0.717, 1.165) is 36.1 Å². The number of aromatic nitrogens is 2. The van der Waals surface area contributed by atoms with Gasteiger partial charge >= 0.3 is 6.36 Å². The van der Waals surface area contributed by atoms with Gasteiger partial charge in [-0.05, 0) is 24.6 Å². The second kappa shape index (κ2) is 8.24. The van der Waals surface area contributed by atoms with E-state index < -0.39 is 18.9 Å². The minimum absolute atomic E-state index is 0. The Hall–Kier alpha value is -1.84. The van der Waals surface area contributed by atoms with Crippen molar-refractivity contribution in [3.8, 4) is 0 Å². The molecule has 0 spiro atoms. The minimum atomic E-state index is -4.69. The van der Waals surface area contributed by atoms with Crippen molar-refractivity contribution in [2.45, 2.75) is 19.8 Å². The van der Waals surface area contributed by atoms with Gasteiger partial charge in [-0.2, -0.15) is 5.10 Å². The molecule has 1 amide bonds. The number of ether oxygens (including phenoxy) is 1. The number of carbonyl (C=O) groups is 1. The third-order valence-electron chi connectivity index (χ3n) is 4.22. The molecule has 6 nitrogen and oxygen atoms in total. The third kappa shape index (κ3) is 4.87. The lowest BCUT2D eigenvalue weighted by Crippen LogP contribution is -2.44. The Morgan fingerprint density at radius 2 is 2.15 bits per heavy atom. The molecule has 2 N–H and O–H groups in total. The normalized spacial score (nSPS) is 14.8. The molecule has 1 fully saturated rings. The van der Waals surface area contributed by atoms with Crippen LogP contribution in [0.15, 0.2) is 18.3 Å². The van der Waals surface area contributed by atoms with Crippen molar-refractivity contribution in [2.75, 3.05) is 26.2 Å². The van der Waals surface area contributed by atoms with Crippen molar-refractivity contribution >= 4 is 29.2 Å². The van der Waals surface area contributed by atoms with Crippen molar-refractivity contribution in [2.24, 2.45) is 5.92 Å². The van der Waals surface area contributed by atoms with Gasteiger partial charge in [0.05, 0.1) is 12.1 Å². The van der Waals surface area contributed by atoms with Crippen LogP contribution in [-0.4, -0.2) is 48.3 Å². The number of rotatable bonds is 6. The van der Waals surface area contributed by atoms with E-state index in [1.54, 1.807) is 19.1 Å². The molecule has 2 aromatic rings. The number of alkyl halides is 3. The average Bonchev–Trinajstić information content (AvgIpc) is 2.90. The topological polar surface area (TPSA) is 68.2 Å². The fourth-order valence-corrected chi connectivity index (χ4v) is 2.79. The fourth-order valence-electron chi connectivity index (χ4n) is 2.79. The van der Waals surface area contributed by atoms with Gasteiger partial charge in [0.1, 0.15) is 0 Å². The first-order chi connectivity index (χ1) is 11.8. The summed E-state index contributed by atoms with van der Waals surface area (Å²) in [5.74, 6) is 0.132. The molecule has 3 rings (SSSR count). The van der Waals surface area contributed by atoms with E-state index in [4.69, 9.17) is 0 Å². The van der Waals surface area contributed by atoms with Crippen LogP contribution in [0, 0.1) is 12.8 Å². The number of fused-ring (bicyclic) bond motifs is 1. The van der Waals surface area contributed by atoms with E-state index in [9.17, 15) is 18.0 Å². The van der Waals surface area contributed by atoms with Crippen LogP contribution >= 0.6 is 12.4 Å². The van der Waals surface area contributed by atoms with Gasteiger partial charge in [0.15, 0.2) is 0 Å². The van der Waals surface area contributed by atoms with Gasteiger partial charge in [-0.1, -0.05) is 0 Å². The number of nitrogens with one attached hydrogen (secondary N) is 2. The van der Waals surface area contributed by atoms with Crippen LogP contribution in [0.5, 0.6) is 0 Å². The molecule has 1 aromatic heterocycles. The Balaban J connectivity index is 0.00000243. The highest BCUT2D eigenvalue weighted by Gasteiger charge is 2.28. The number of benzene rings is 1. The molecule has 1 aliphatic rings. The van der Waals surface area contributed by atoms with Gasteiger partial charge in [0.25, 0.3) is 5.91 Å². The number of amides is 1. The van der Waals surface area contributed by atoms with Gasteiger partial charge in [-0.3, -0.25) is 14.2 Å². The smallest absolute Gasteiger partial charge is 0.350 e. The summed E-state index contributed by atoms with van der Waals surface area (Å²) in [6.07, 6.45) is -2.78. The Labute approximate surface area is 154 Å². The van der Waals surface area contributed by atoms with E-state index in [1.165, 1.54) is 0 Å². The Kier molecular flexibility index (Phi) is 6.48. The van der Waals surface area contributed by atoms with Crippen LogP contribution < -0.4 is 10.6 Å². The molecule has 0 radical (unpaired) electrons. The number of hydrogen-bond donors (Lipinski definition) is 2. The SMILES string of the molecule is Cc1c(C(=O)NCCOC(F)(F)F)ccc2nn(CC3CNC3)cc12.Cl. The first-order valence-electron chi connectivity index (χ1n) is 8.00. The monoisotopic (exact) mass is 392 g/mol. The Morgan fingerprint density at radius 3 is 2.77 bits per heavy atom. The van der Waals surface area contributed by atoms with Crippen LogP contribution in [0.4, 0.5) is 13.2 Å². The van der Waals surface area contributed by atoms with Crippen LogP contribution in [-0.2, 0) is 11.3 Å². The maximum Gasteiger partial charge on any atom is 0.522 e. The van der Waals surface area contributed by atoms with Crippen molar-refractivity contribution in [3.05, 3.63) is 29.5 Å². The zero-order chi connectivity index (χ0) is 18.0. The molecule has 0 unspecified atom stereocenters. The predicted octanol–water partition coefficient (Wildman–Crippen LogP) is 2.25. The van der Waals surface area contributed by atoms with Crippen LogP contribution in [0.3, 0.4) is 0 Å². The largest absolute Gasteiger partial charge is 0.522 e. The summed E-state index contributed by atoms with van der Waals surface area (Å²) in [7, 11) is 0. The van der Waals surface area contributed by atoms with Crippen LogP contribution in [0.2, 0.25) is 0 Å². The molecule has 10 heteroatoms. The molecule has 0 saturated carbocycles. The predicted molar refractivity (Wildman–Crippen MR) is 92.4 cm³/mol. The van der Waals surface area contributed by atoms with Gasteiger partial charge in [0, 0.05) is 49.2 Å². The number of halogens is 4.